The van der Waals surface area contributed by atoms with Gasteiger partial charge in [0.1, 0.15) is 6.61 Å². The minimum absolute atomic E-state index is 0.0549. The van der Waals surface area contributed by atoms with Gasteiger partial charge in [0.2, 0.25) is 0 Å². The summed E-state index contributed by atoms with van der Waals surface area (Å²) in [6.07, 6.45) is 51.9. The van der Waals surface area contributed by atoms with Gasteiger partial charge in [0.15, 0.2) is 12.1 Å². The van der Waals surface area contributed by atoms with Crippen molar-refractivity contribution in [2.45, 2.75) is 244 Å². The zero-order valence-corrected chi connectivity index (χ0v) is 40.6. The average molecular weight is 861 g/mol. The number of esters is 2. The van der Waals surface area contributed by atoms with Gasteiger partial charge in [-0.1, -0.05) is 185 Å². The Bertz CT molecular complexity index is 1090. The number of carbonyl (C=O) groups excluding carboxylic acids is 2. The molecule has 0 fully saturated rings. The lowest BCUT2D eigenvalue weighted by Crippen LogP contribution is -2.50. The third-order valence-electron chi connectivity index (χ3n) is 11.5. The lowest BCUT2D eigenvalue weighted by molar-refractivity contribution is -0.887. The highest BCUT2D eigenvalue weighted by Crippen LogP contribution is 2.15. The van der Waals surface area contributed by atoms with Gasteiger partial charge in [-0.2, -0.15) is 0 Å². The van der Waals surface area contributed by atoms with Crippen molar-refractivity contribution in [1.29, 1.82) is 0 Å². The Morgan fingerprint density at radius 3 is 1.28 bits per heavy atom. The fourth-order valence-corrected chi connectivity index (χ4v) is 7.55. The Morgan fingerprint density at radius 2 is 0.869 bits per heavy atom. The first kappa shape index (κ1) is 58.6. The molecule has 61 heavy (non-hydrogen) atoms. The van der Waals surface area contributed by atoms with E-state index in [4.69, 9.17) is 14.2 Å². The second kappa shape index (κ2) is 44.2. The summed E-state index contributed by atoms with van der Waals surface area (Å²) in [4.78, 5) is 37.1. The molecule has 0 aromatic heterocycles. The Hall–Kier alpha value is -2.45. The van der Waals surface area contributed by atoms with Crippen LogP contribution in [0.25, 0.3) is 0 Å². The van der Waals surface area contributed by atoms with E-state index in [0.29, 0.717) is 19.3 Å². The lowest BCUT2D eigenvalue weighted by atomic mass is 10.1. The van der Waals surface area contributed by atoms with E-state index in [1.807, 2.05) is 21.1 Å². The molecule has 8 heteroatoms. The molecule has 356 valence electrons. The zero-order chi connectivity index (χ0) is 44.9. The molecule has 8 nitrogen and oxygen atoms in total. The van der Waals surface area contributed by atoms with Crippen molar-refractivity contribution in [3.63, 3.8) is 0 Å². The minimum atomic E-state index is -0.877. The fourth-order valence-electron chi connectivity index (χ4n) is 7.55. The molecule has 0 saturated carbocycles. The number of allylic oxidation sites excluding steroid dienone is 6. The molecule has 0 aromatic carbocycles. The molecular formula is C53H98NO7+. The van der Waals surface area contributed by atoms with E-state index in [1.165, 1.54) is 141 Å². The molecule has 0 amide bonds. The second-order valence-corrected chi connectivity index (χ2v) is 18.4. The van der Waals surface area contributed by atoms with Crippen LogP contribution in [0.3, 0.4) is 0 Å². The molecule has 2 unspecified atom stereocenters. The van der Waals surface area contributed by atoms with Gasteiger partial charge in [0.25, 0.3) is 0 Å². The smallest absolute Gasteiger partial charge is 0.362 e. The first-order valence-corrected chi connectivity index (χ1v) is 25.5. The van der Waals surface area contributed by atoms with Crippen molar-refractivity contribution in [3.8, 4) is 0 Å². The first-order chi connectivity index (χ1) is 29.6. The number of likely N-dealkylation sites (N-methyl/N-ethyl adjacent to an activating group) is 1. The highest BCUT2D eigenvalue weighted by Gasteiger charge is 2.31. The number of ether oxygens (including phenoxy) is 3. The van der Waals surface area contributed by atoms with Crippen LogP contribution >= 0.6 is 0 Å². The minimum Gasteiger partial charge on any atom is -0.477 e. The summed E-state index contributed by atoms with van der Waals surface area (Å²) in [6, 6.07) is -0.618. The molecule has 0 aliphatic heterocycles. The van der Waals surface area contributed by atoms with E-state index in [0.717, 1.165) is 57.8 Å². The van der Waals surface area contributed by atoms with Gasteiger partial charge in [-0.05, 0) is 64.2 Å². The lowest BCUT2D eigenvalue weighted by Gasteiger charge is -2.31. The predicted molar refractivity (Wildman–Crippen MR) is 257 cm³/mol. The van der Waals surface area contributed by atoms with Crippen molar-refractivity contribution in [1.82, 2.24) is 0 Å². The summed E-state index contributed by atoms with van der Waals surface area (Å²) in [5, 5.41) is 9.65. The van der Waals surface area contributed by atoms with Gasteiger partial charge >= 0.3 is 17.9 Å². The van der Waals surface area contributed by atoms with Crippen LogP contribution in [-0.2, 0) is 28.6 Å². The van der Waals surface area contributed by atoms with Gasteiger partial charge in [0, 0.05) is 19.3 Å². The molecule has 0 aromatic rings. The fraction of sp³-hybridized carbons (Fsp3) is 0.830. The summed E-state index contributed by atoms with van der Waals surface area (Å²) in [6.45, 7) is 4.74. The van der Waals surface area contributed by atoms with Gasteiger partial charge < -0.3 is 23.8 Å². The Morgan fingerprint density at radius 1 is 0.492 bits per heavy atom. The molecule has 0 spiro atoms. The van der Waals surface area contributed by atoms with Crippen molar-refractivity contribution in [2.75, 3.05) is 41.0 Å². The van der Waals surface area contributed by atoms with E-state index in [2.05, 4.69) is 50.3 Å². The van der Waals surface area contributed by atoms with Gasteiger partial charge in [0.05, 0.1) is 34.4 Å². The summed E-state index contributed by atoms with van der Waals surface area (Å²) < 4.78 is 17.3. The second-order valence-electron chi connectivity index (χ2n) is 18.4. The van der Waals surface area contributed by atoms with Crippen molar-refractivity contribution in [3.05, 3.63) is 36.5 Å². The van der Waals surface area contributed by atoms with Crippen LogP contribution < -0.4 is 0 Å². The number of carbonyl (C=O) groups is 3. The molecule has 0 bridgehead atoms. The molecule has 0 aliphatic carbocycles. The Labute approximate surface area is 376 Å². The molecule has 2 atom stereocenters. The van der Waals surface area contributed by atoms with Crippen molar-refractivity contribution in [2.24, 2.45) is 0 Å². The quantitative estimate of drug-likeness (QED) is 0.0214. The van der Waals surface area contributed by atoms with E-state index in [9.17, 15) is 19.5 Å². The van der Waals surface area contributed by atoms with Gasteiger partial charge in [-0.15, -0.1) is 0 Å². The van der Waals surface area contributed by atoms with Crippen LogP contribution in [0.2, 0.25) is 0 Å². The Kier molecular flexibility index (Phi) is 42.4. The van der Waals surface area contributed by atoms with Crippen molar-refractivity contribution >= 4 is 17.9 Å². The topological polar surface area (TPSA) is 99.1 Å². The van der Waals surface area contributed by atoms with E-state index in [1.54, 1.807) is 0 Å². The maximum absolute atomic E-state index is 12.8. The molecule has 0 heterocycles. The SMILES string of the molecule is CCCCCCCCC/C=C/C=C/CCCCCCCC(=O)OC(COCCC(C(=O)O)[N+](C)(C)C)COC(=O)CCCCCCCCC/C=C/CCCCCCCCCC. The zero-order valence-electron chi connectivity index (χ0n) is 40.6. The molecule has 0 radical (unpaired) electrons. The van der Waals surface area contributed by atoms with Gasteiger partial charge in [-0.3, -0.25) is 9.59 Å². The number of unbranched alkanes of at least 4 members (excludes halogenated alkanes) is 27. The molecule has 0 rings (SSSR count). The van der Waals surface area contributed by atoms with E-state index in [-0.39, 0.29) is 36.2 Å². The molecule has 0 aliphatic rings. The number of quaternary nitrogens is 1. The summed E-state index contributed by atoms with van der Waals surface area (Å²) in [5.74, 6) is -1.48. The predicted octanol–water partition coefficient (Wildman–Crippen LogP) is 14.6. The first-order valence-electron chi connectivity index (χ1n) is 25.5. The molecule has 1 N–H and O–H groups in total. The van der Waals surface area contributed by atoms with Crippen LogP contribution in [0, 0.1) is 0 Å². The van der Waals surface area contributed by atoms with Crippen LogP contribution in [0.5, 0.6) is 0 Å². The summed E-state index contributed by atoms with van der Waals surface area (Å²) in [7, 11) is 5.53. The van der Waals surface area contributed by atoms with E-state index < -0.39 is 18.1 Å². The number of carboxylic acid groups (broad SMARTS) is 1. The summed E-state index contributed by atoms with van der Waals surface area (Å²) >= 11 is 0. The maximum atomic E-state index is 12.8. The number of aliphatic carboxylic acids is 1. The van der Waals surface area contributed by atoms with E-state index >= 15 is 0 Å². The highest BCUT2D eigenvalue weighted by atomic mass is 16.6. The number of carboxylic acids is 1. The number of hydrogen-bond acceptors (Lipinski definition) is 6. The monoisotopic (exact) mass is 861 g/mol. The van der Waals surface area contributed by atoms with Crippen LogP contribution in [0.15, 0.2) is 36.5 Å². The number of nitrogens with zero attached hydrogens (tertiary/aromatic N) is 1. The summed E-state index contributed by atoms with van der Waals surface area (Å²) in [5.41, 5.74) is 0. The van der Waals surface area contributed by atoms with Crippen molar-refractivity contribution < 1.29 is 38.2 Å². The largest absolute Gasteiger partial charge is 0.477 e. The normalized spacial score (nSPS) is 13.1. The standard InChI is InChI=1S/C53H97NO7/c1-6-8-10-12-14-16-18-20-22-24-26-28-29-31-33-35-37-39-41-43-51(55)60-48-49(47-59-46-45-50(53(57)58)54(3,4)5)61-52(56)44-42-40-38-36-34-32-30-27-25-23-21-19-17-15-13-11-9-7-2/h23-27,30,49-50H,6-22,28-29,31-48H2,1-5H3/p+1/b25-23+,26-24+,30-27+. The third kappa shape index (κ3) is 42.6. The third-order valence-corrected chi connectivity index (χ3v) is 11.5. The molecule has 0 saturated heterocycles. The van der Waals surface area contributed by atoms with Gasteiger partial charge in [-0.25, -0.2) is 4.79 Å². The number of rotatable bonds is 46. The number of hydrogen-bond donors (Lipinski definition) is 1. The van der Waals surface area contributed by atoms with Crippen LogP contribution in [0.1, 0.15) is 232 Å². The van der Waals surface area contributed by atoms with Crippen LogP contribution in [-0.4, -0.2) is 80.6 Å². The maximum Gasteiger partial charge on any atom is 0.362 e. The highest BCUT2D eigenvalue weighted by molar-refractivity contribution is 5.72. The molecular weight excluding hydrogens is 763 g/mol. The van der Waals surface area contributed by atoms with Crippen LogP contribution in [0.4, 0.5) is 0 Å². The Balaban J connectivity index is 4.28. The average Bonchev–Trinajstić information content (AvgIpc) is 3.22.